The van der Waals surface area contributed by atoms with E-state index in [2.05, 4.69) is 10.3 Å². The molecule has 1 aromatic carbocycles. The molecule has 5 nitrogen and oxygen atoms in total. The summed E-state index contributed by atoms with van der Waals surface area (Å²) in [6, 6.07) is 3.36. The highest BCUT2D eigenvalue weighted by molar-refractivity contribution is 6.35. The van der Waals surface area contributed by atoms with E-state index in [1.807, 2.05) is 0 Å². The standard InChI is InChI=1S/C9H6ClN3O2/c10-4-1-2-5-8-7(4)12-6(14)3-13(8)9(15)11-5/h1-2H,3H2,(H,11,15)(H,12,14). The molecule has 0 unspecified atom stereocenters. The maximum Gasteiger partial charge on any atom is 0.327 e. The monoisotopic (exact) mass is 223 g/mol. The Bertz CT molecular complexity index is 641. The SMILES string of the molecule is O=C1Cn2c(=O)[nH]c3ccc(Cl)c(c32)N1. The number of halogens is 1. The number of H-pyrrole nitrogens is 1. The average Bonchev–Trinajstić information content (AvgIpc) is 2.51. The molecule has 0 saturated carbocycles. The summed E-state index contributed by atoms with van der Waals surface area (Å²) in [6.45, 7) is 0.0339. The van der Waals surface area contributed by atoms with E-state index in [-0.39, 0.29) is 18.1 Å². The Morgan fingerprint density at radius 3 is 2.93 bits per heavy atom. The number of nitrogens with zero attached hydrogens (tertiary/aromatic N) is 1. The molecular formula is C9H6ClN3O2. The first-order valence-electron chi connectivity index (χ1n) is 4.37. The van der Waals surface area contributed by atoms with E-state index < -0.39 is 0 Å². The van der Waals surface area contributed by atoms with Gasteiger partial charge < -0.3 is 10.3 Å². The Morgan fingerprint density at radius 2 is 2.13 bits per heavy atom. The predicted molar refractivity (Wildman–Crippen MR) is 56.2 cm³/mol. The number of carbonyl (C=O) groups excluding carboxylic acids is 1. The van der Waals surface area contributed by atoms with Crippen molar-refractivity contribution in [1.82, 2.24) is 9.55 Å². The summed E-state index contributed by atoms with van der Waals surface area (Å²) in [4.78, 5) is 25.5. The minimum absolute atomic E-state index is 0.0339. The highest BCUT2D eigenvalue weighted by Crippen LogP contribution is 2.31. The van der Waals surface area contributed by atoms with E-state index in [9.17, 15) is 9.59 Å². The minimum atomic E-state index is -0.289. The number of rotatable bonds is 0. The number of hydrogen-bond donors (Lipinski definition) is 2. The zero-order chi connectivity index (χ0) is 10.6. The molecule has 0 bridgehead atoms. The molecule has 2 heterocycles. The third kappa shape index (κ3) is 1.04. The summed E-state index contributed by atoms with van der Waals surface area (Å²) in [5, 5.41) is 3.09. The van der Waals surface area contributed by atoms with Crippen LogP contribution in [-0.4, -0.2) is 15.5 Å². The van der Waals surface area contributed by atoms with Crippen molar-refractivity contribution in [2.24, 2.45) is 0 Å². The van der Waals surface area contributed by atoms with Crippen LogP contribution in [0.15, 0.2) is 16.9 Å². The number of aromatic nitrogens is 2. The van der Waals surface area contributed by atoms with Crippen LogP contribution in [0.5, 0.6) is 0 Å². The molecule has 0 fully saturated rings. The highest BCUT2D eigenvalue weighted by Gasteiger charge is 2.22. The van der Waals surface area contributed by atoms with Gasteiger partial charge in [0.1, 0.15) is 6.54 Å². The number of amides is 1. The zero-order valence-corrected chi connectivity index (χ0v) is 8.26. The topological polar surface area (TPSA) is 66.9 Å². The van der Waals surface area contributed by atoms with Crippen molar-refractivity contribution in [2.45, 2.75) is 6.54 Å². The van der Waals surface area contributed by atoms with Gasteiger partial charge in [-0.3, -0.25) is 9.36 Å². The van der Waals surface area contributed by atoms with Crippen LogP contribution in [-0.2, 0) is 11.3 Å². The van der Waals surface area contributed by atoms with Crippen LogP contribution in [0.3, 0.4) is 0 Å². The van der Waals surface area contributed by atoms with Gasteiger partial charge in [0, 0.05) is 0 Å². The Balaban J connectivity index is 2.55. The Kier molecular flexibility index (Phi) is 1.50. The number of anilines is 1. The van der Waals surface area contributed by atoms with Crippen molar-refractivity contribution in [3.05, 3.63) is 27.6 Å². The first kappa shape index (κ1) is 8.55. The maximum atomic E-state index is 11.5. The molecule has 1 aliphatic rings. The molecular weight excluding hydrogens is 218 g/mol. The quantitative estimate of drug-likeness (QED) is 0.698. The molecule has 0 aliphatic carbocycles. The number of hydrogen-bond acceptors (Lipinski definition) is 2. The fourth-order valence-corrected chi connectivity index (χ4v) is 2.02. The fraction of sp³-hybridized carbons (Fsp3) is 0.111. The van der Waals surface area contributed by atoms with Crippen LogP contribution in [0.4, 0.5) is 5.69 Å². The average molecular weight is 224 g/mol. The van der Waals surface area contributed by atoms with E-state index in [0.717, 1.165) is 0 Å². The lowest BCUT2D eigenvalue weighted by Crippen LogP contribution is -2.29. The van der Waals surface area contributed by atoms with Crippen molar-refractivity contribution < 1.29 is 4.79 Å². The van der Waals surface area contributed by atoms with E-state index in [4.69, 9.17) is 11.6 Å². The lowest BCUT2D eigenvalue weighted by molar-refractivity contribution is -0.116. The molecule has 0 spiro atoms. The van der Waals surface area contributed by atoms with E-state index in [0.29, 0.717) is 21.7 Å². The smallest absolute Gasteiger partial charge is 0.321 e. The van der Waals surface area contributed by atoms with Crippen LogP contribution < -0.4 is 11.0 Å². The maximum absolute atomic E-state index is 11.5. The minimum Gasteiger partial charge on any atom is -0.321 e. The van der Waals surface area contributed by atoms with Crippen molar-refractivity contribution >= 4 is 34.2 Å². The molecule has 0 saturated heterocycles. The van der Waals surface area contributed by atoms with Gasteiger partial charge in [-0.15, -0.1) is 0 Å². The largest absolute Gasteiger partial charge is 0.327 e. The first-order valence-corrected chi connectivity index (χ1v) is 4.75. The van der Waals surface area contributed by atoms with Crippen molar-refractivity contribution in [3.8, 4) is 0 Å². The Hall–Kier alpha value is -1.75. The second kappa shape index (κ2) is 2.64. The summed E-state index contributed by atoms with van der Waals surface area (Å²) in [7, 11) is 0. The van der Waals surface area contributed by atoms with Gasteiger partial charge in [0.25, 0.3) is 0 Å². The fourth-order valence-electron chi connectivity index (χ4n) is 1.82. The predicted octanol–water partition coefficient (Wildman–Crippen LogP) is 0.935. The van der Waals surface area contributed by atoms with Crippen molar-refractivity contribution in [3.63, 3.8) is 0 Å². The summed E-state index contributed by atoms with van der Waals surface area (Å²) in [5.74, 6) is -0.237. The van der Waals surface area contributed by atoms with Crippen LogP contribution in [0.2, 0.25) is 5.02 Å². The number of carbonyl (C=O) groups is 1. The van der Waals surface area contributed by atoms with E-state index >= 15 is 0 Å². The summed E-state index contributed by atoms with van der Waals surface area (Å²) in [6.07, 6.45) is 0. The van der Waals surface area contributed by atoms with Gasteiger partial charge in [0.05, 0.1) is 21.7 Å². The Labute approximate surface area is 88.7 Å². The third-order valence-corrected chi connectivity index (χ3v) is 2.76. The molecule has 76 valence electrons. The van der Waals surface area contributed by atoms with Gasteiger partial charge in [0.2, 0.25) is 5.91 Å². The number of imidazole rings is 1. The molecule has 1 aromatic heterocycles. The van der Waals surface area contributed by atoms with Gasteiger partial charge >= 0.3 is 5.69 Å². The number of benzene rings is 1. The molecule has 1 aliphatic heterocycles. The molecule has 15 heavy (non-hydrogen) atoms. The molecule has 1 amide bonds. The molecule has 2 N–H and O–H groups in total. The van der Waals surface area contributed by atoms with Crippen LogP contribution in [0, 0.1) is 0 Å². The summed E-state index contributed by atoms with van der Waals surface area (Å²) >= 11 is 5.94. The molecule has 0 radical (unpaired) electrons. The molecule has 0 atom stereocenters. The van der Waals surface area contributed by atoms with Gasteiger partial charge in [-0.05, 0) is 12.1 Å². The highest BCUT2D eigenvalue weighted by atomic mass is 35.5. The van der Waals surface area contributed by atoms with Gasteiger partial charge in [0.15, 0.2) is 0 Å². The van der Waals surface area contributed by atoms with Crippen LogP contribution >= 0.6 is 11.6 Å². The number of aromatic amines is 1. The van der Waals surface area contributed by atoms with Crippen LogP contribution in [0.1, 0.15) is 0 Å². The lowest BCUT2D eigenvalue weighted by atomic mass is 10.2. The second-order valence-electron chi connectivity index (χ2n) is 3.38. The molecule has 6 heteroatoms. The first-order chi connectivity index (χ1) is 7.16. The van der Waals surface area contributed by atoms with Gasteiger partial charge in [-0.1, -0.05) is 11.6 Å². The molecule has 3 rings (SSSR count). The summed E-state index contributed by atoms with van der Waals surface area (Å²) < 4.78 is 1.38. The third-order valence-electron chi connectivity index (χ3n) is 2.45. The molecule has 2 aromatic rings. The number of nitrogens with one attached hydrogen (secondary N) is 2. The van der Waals surface area contributed by atoms with Gasteiger partial charge in [-0.2, -0.15) is 0 Å². The normalized spacial score (nSPS) is 14.3. The van der Waals surface area contributed by atoms with Gasteiger partial charge in [-0.25, -0.2) is 4.79 Å². The second-order valence-corrected chi connectivity index (χ2v) is 3.79. The Morgan fingerprint density at radius 1 is 1.33 bits per heavy atom. The zero-order valence-electron chi connectivity index (χ0n) is 7.50. The van der Waals surface area contributed by atoms with E-state index in [1.165, 1.54) is 4.57 Å². The summed E-state index contributed by atoms with van der Waals surface area (Å²) in [5.41, 5.74) is 1.55. The van der Waals surface area contributed by atoms with Crippen molar-refractivity contribution in [1.29, 1.82) is 0 Å². The lowest BCUT2D eigenvalue weighted by Gasteiger charge is -2.15. The van der Waals surface area contributed by atoms with Crippen molar-refractivity contribution in [2.75, 3.05) is 5.32 Å². The van der Waals surface area contributed by atoms with Crippen LogP contribution in [0.25, 0.3) is 11.0 Å². The van der Waals surface area contributed by atoms with E-state index in [1.54, 1.807) is 12.1 Å².